The van der Waals surface area contributed by atoms with Gasteiger partial charge in [-0.25, -0.2) is 0 Å². The van der Waals surface area contributed by atoms with Crippen molar-refractivity contribution in [3.63, 3.8) is 0 Å². The van der Waals surface area contributed by atoms with Crippen LogP contribution in [-0.4, -0.2) is 18.9 Å². The van der Waals surface area contributed by atoms with Crippen molar-refractivity contribution < 1.29 is 19.1 Å². The van der Waals surface area contributed by atoms with Crippen molar-refractivity contribution in [1.82, 2.24) is 0 Å². The normalized spacial score (nSPS) is 9.95. The van der Waals surface area contributed by atoms with Gasteiger partial charge in [-0.3, -0.25) is 9.59 Å². The van der Waals surface area contributed by atoms with Crippen LogP contribution in [0.25, 0.3) is 0 Å². The Morgan fingerprint density at radius 1 is 0.857 bits per heavy atom. The molecular weight excluding hydrogens is 268 g/mol. The topological polar surface area (TPSA) is 52.6 Å². The van der Waals surface area contributed by atoms with E-state index in [2.05, 4.69) is 4.74 Å². The highest BCUT2D eigenvalue weighted by Gasteiger charge is 2.09. The van der Waals surface area contributed by atoms with Crippen LogP contribution in [0.15, 0.2) is 54.6 Å². The largest absolute Gasteiger partial charge is 0.469 e. The number of hydrogen-bond acceptors (Lipinski definition) is 4. The second kappa shape index (κ2) is 7.24. The molecule has 0 bridgehead atoms. The minimum Gasteiger partial charge on any atom is -0.469 e. The number of carbonyl (C=O) groups is 2. The van der Waals surface area contributed by atoms with Gasteiger partial charge in [-0.05, 0) is 36.4 Å². The molecule has 0 aromatic heterocycles. The smallest absolute Gasteiger partial charge is 0.305 e. The molecule has 4 nitrogen and oxygen atoms in total. The molecule has 4 heteroatoms. The third-order valence-electron chi connectivity index (χ3n) is 2.94. The lowest BCUT2D eigenvalue weighted by Gasteiger charge is -2.06. The van der Waals surface area contributed by atoms with Crippen LogP contribution < -0.4 is 4.74 Å². The van der Waals surface area contributed by atoms with Crippen molar-refractivity contribution in [3.05, 3.63) is 60.2 Å². The van der Waals surface area contributed by atoms with E-state index < -0.39 is 0 Å². The summed E-state index contributed by atoms with van der Waals surface area (Å²) in [5.74, 6) is 0.923. The average Bonchev–Trinajstić information content (AvgIpc) is 2.54. The molecule has 2 aromatic carbocycles. The number of benzene rings is 2. The lowest BCUT2D eigenvalue weighted by Crippen LogP contribution is -2.05. The molecular formula is C17H16O4. The standard InChI is InChI=1S/C17H16O4/c1-20-17(19)12-11-16(18)13-7-9-15(10-8-13)21-14-5-3-2-4-6-14/h2-10H,11-12H2,1H3. The molecule has 0 radical (unpaired) electrons. The third-order valence-corrected chi connectivity index (χ3v) is 2.94. The molecule has 2 aromatic rings. The predicted octanol–water partition coefficient (Wildman–Crippen LogP) is 3.61. The van der Waals surface area contributed by atoms with E-state index in [0.717, 1.165) is 5.75 Å². The Hall–Kier alpha value is -2.62. The number of methoxy groups -OCH3 is 1. The van der Waals surface area contributed by atoms with Gasteiger partial charge in [0, 0.05) is 12.0 Å². The van der Waals surface area contributed by atoms with E-state index in [-0.39, 0.29) is 24.6 Å². The SMILES string of the molecule is COC(=O)CCC(=O)c1ccc(Oc2ccccc2)cc1. The highest BCUT2D eigenvalue weighted by molar-refractivity contribution is 5.97. The van der Waals surface area contributed by atoms with Crippen molar-refractivity contribution in [3.8, 4) is 11.5 Å². The summed E-state index contributed by atoms with van der Waals surface area (Å²) in [6, 6.07) is 16.3. The van der Waals surface area contributed by atoms with Crippen LogP contribution in [-0.2, 0) is 9.53 Å². The van der Waals surface area contributed by atoms with Crippen molar-refractivity contribution in [1.29, 1.82) is 0 Å². The van der Waals surface area contributed by atoms with Crippen LogP contribution in [0.2, 0.25) is 0 Å². The molecule has 0 heterocycles. The molecule has 0 N–H and O–H groups in total. The van der Waals surface area contributed by atoms with Crippen LogP contribution in [0.3, 0.4) is 0 Å². The Kier molecular flexibility index (Phi) is 5.10. The summed E-state index contributed by atoms with van der Waals surface area (Å²) in [4.78, 5) is 22.9. The number of ether oxygens (including phenoxy) is 2. The molecule has 21 heavy (non-hydrogen) atoms. The second-order valence-corrected chi connectivity index (χ2v) is 4.44. The molecule has 0 saturated heterocycles. The number of Topliss-reactive ketones (excluding diaryl/α,β-unsaturated/α-hetero) is 1. The Morgan fingerprint density at radius 3 is 2.10 bits per heavy atom. The van der Waals surface area contributed by atoms with Crippen molar-refractivity contribution in [2.24, 2.45) is 0 Å². The van der Waals surface area contributed by atoms with Gasteiger partial charge in [-0.15, -0.1) is 0 Å². The quantitative estimate of drug-likeness (QED) is 0.600. The summed E-state index contributed by atoms with van der Waals surface area (Å²) in [5, 5.41) is 0. The Labute approximate surface area is 123 Å². The minimum absolute atomic E-state index is 0.0911. The molecule has 0 spiro atoms. The Bertz CT molecular complexity index is 602. The molecule has 0 atom stereocenters. The summed E-state index contributed by atoms with van der Waals surface area (Å²) in [5.41, 5.74) is 0.555. The first-order chi connectivity index (χ1) is 10.2. The van der Waals surface area contributed by atoms with E-state index in [4.69, 9.17) is 4.74 Å². The summed E-state index contributed by atoms with van der Waals surface area (Å²) >= 11 is 0. The van der Waals surface area contributed by atoms with Gasteiger partial charge in [0.2, 0.25) is 0 Å². The van der Waals surface area contributed by atoms with Gasteiger partial charge in [0.25, 0.3) is 0 Å². The zero-order chi connectivity index (χ0) is 15.1. The van der Waals surface area contributed by atoms with Crippen LogP contribution in [0.1, 0.15) is 23.2 Å². The Morgan fingerprint density at radius 2 is 1.48 bits per heavy atom. The lowest BCUT2D eigenvalue weighted by atomic mass is 10.1. The monoisotopic (exact) mass is 284 g/mol. The van der Waals surface area contributed by atoms with E-state index in [1.165, 1.54) is 7.11 Å². The lowest BCUT2D eigenvalue weighted by molar-refractivity contribution is -0.140. The summed E-state index contributed by atoms with van der Waals surface area (Å²) in [7, 11) is 1.31. The molecule has 0 amide bonds. The van der Waals surface area contributed by atoms with Gasteiger partial charge >= 0.3 is 5.97 Å². The number of carbonyl (C=O) groups excluding carboxylic acids is 2. The maximum Gasteiger partial charge on any atom is 0.305 e. The summed E-state index contributed by atoms with van der Waals surface area (Å²) in [6.07, 6.45) is 0.239. The van der Waals surface area contributed by atoms with Gasteiger partial charge in [-0.2, -0.15) is 0 Å². The molecule has 2 rings (SSSR count). The number of esters is 1. The number of rotatable bonds is 6. The molecule has 0 aliphatic heterocycles. The van der Waals surface area contributed by atoms with Gasteiger partial charge in [0.1, 0.15) is 11.5 Å². The zero-order valence-corrected chi connectivity index (χ0v) is 11.7. The summed E-state index contributed by atoms with van der Waals surface area (Å²) in [6.45, 7) is 0. The molecule has 0 aliphatic carbocycles. The molecule has 0 saturated carbocycles. The fourth-order valence-corrected chi connectivity index (χ4v) is 1.80. The predicted molar refractivity (Wildman–Crippen MR) is 78.5 cm³/mol. The van der Waals surface area contributed by atoms with Gasteiger partial charge in [0.05, 0.1) is 13.5 Å². The van der Waals surface area contributed by atoms with E-state index in [9.17, 15) is 9.59 Å². The van der Waals surface area contributed by atoms with E-state index in [1.807, 2.05) is 30.3 Å². The van der Waals surface area contributed by atoms with Crippen LogP contribution in [0.5, 0.6) is 11.5 Å². The number of para-hydroxylation sites is 1. The molecule has 0 unspecified atom stereocenters. The maximum absolute atomic E-state index is 11.9. The van der Waals surface area contributed by atoms with Crippen molar-refractivity contribution in [2.45, 2.75) is 12.8 Å². The summed E-state index contributed by atoms with van der Waals surface area (Å²) < 4.78 is 10.2. The zero-order valence-electron chi connectivity index (χ0n) is 11.7. The van der Waals surface area contributed by atoms with Crippen LogP contribution in [0.4, 0.5) is 0 Å². The average molecular weight is 284 g/mol. The molecule has 0 fully saturated rings. The van der Waals surface area contributed by atoms with E-state index in [0.29, 0.717) is 11.3 Å². The minimum atomic E-state index is -0.382. The van der Waals surface area contributed by atoms with E-state index >= 15 is 0 Å². The number of ketones is 1. The van der Waals surface area contributed by atoms with Gasteiger partial charge < -0.3 is 9.47 Å². The highest BCUT2D eigenvalue weighted by Crippen LogP contribution is 2.21. The van der Waals surface area contributed by atoms with Crippen molar-refractivity contribution in [2.75, 3.05) is 7.11 Å². The molecule has 108 valence electrons. The van der Waals surface area contributed by atoms with Crippen LogP contribution in [0, 0.1) is 0 Å². The first-order valence-electron chi connectivity index (χ1n) is 6.62. The van der Waals surface area contributed by atoms with Gasteiger partial charge in [-0.1, -0.05) is 18.2 Å². The molecule has 0 aliphatic rings. The highest BCUT2D eigenvalue weighted by atomic mass is 16.5. The fourth-order valence-electron chi connectivity index (χ4n) is 1.80. The van der Waals surface area contributed by atoms with E-state index in [1.54, 1.807) is 24.3 Å². The number of hydrogen-bond donors (Lipinski definition) is 0. The first-order valence-corrected chi connectivity index (χ1v) is 6.62. The second-order valence-electron chi connectivity index (χ2n) is 4.44. The van der Waals surface area contributed by atoms with Crippen LogP contribution >= 0.6 is 0 Å². The first kappa shape index (κ1) is 14.8. The Balaban J connectivity index is 1.95. The fraction of sp³-hybridized carbons (Fsp3) is 0.176. The van der Waals surface area contributed by atoms with Crippen molar-refractivity contribution >= 4 is 11.8 Å². The van der Waals surface area contributed by atoms with Gasteiger partial charge in [0.15, 0.2) is 5.78 Å². The third kappa shape index (κ3) is 4.45. The maximum atomic E-state index is 11.9.